The highest BCUT2D eigenvalue weighted by molar-refractivity contribution is 5.72. The smallest absolute Gasteiger partial charge is 0.308 e. The van der Waals surface area contributed by atoms with Crippen molar-refractivity contribution in [2.45, 2.75) is 12.5 Å². The van der Waals surface area contributed by atoms with E-state index in [1.807, 2.05) is 35.2 Å². The third-order valence-electron chi connectivity index (χ3n) is 4.35. The standard InChI is InChI=1S/C18H17F2NO2/c19-14-7-6-13(17(20)8-14)9-21-10-15(16(11-21)18(22)23)12-4-2-1-3-5-12/h1-8,15-16H,9-11H2,(H,22,23)/t15-,16+/m0/s1. The second-order valence-electron chi connectivity index (χ2n) is 5.89. The Morgan fingerprint density at radius 2 is 1.87 bits per heavy atom. The molecule has 0 radical (unpaired) electrons. The molecule has 0 aromatic heterocycles. The number of carbonyl (C=O) groups is 1. The first kappa shape index (κ1) is 15.6. The molecule has 1 heterocycles. The topological polar surface area (TPSA) is 40.5 Å². The molecule has 0 aliphatic carbocycles. The van der Waals surface area contributed by atoms with E-state index in [9.17, 15) is 18.7 Å². The van der Waals surface area contributed by atoms with E-state index in [-0.39, 0.29) is 12.5 Å². The Morgan fingerprint density at radius 1 is 1.13 bits per heavy atom. The summed E-state index contributed by atoms with van der Waals surface area (Å²) in [5, 5.41) is 9.47. The summed E-state index contributed by atoms with van der Waals surface area (Å²) in [4.78, 5) is 13.5. The molecule has 0 spiro atoms. The van der Waals surface area contributed by atoms with E-state index in [0.717, 1.165) is 11.6 Å². The summed E-state index contributed by atoms with van der Waals surface area (Å²) in [7, 11) is 0. The Balaban J connectivity index is 1.79. The van der Waals surface area contributed by atoms with Gasteiger partial charge in [0.15, 0.2) is 0 Å². The lowest BCUT2D eigenvalue weighted by molar-refractivity contribution is -0.141. The van der Waals surface area contributed by atoms with Gasteiger partial charge in [0.1, 0.15) is 11.6 Å². The quantitative estimate of drug-likeness (QED) is 0.941. The van der Waals surface area contributed by atoms with E-state index in [0.29, 0.717) is 18.7 Å². The summed E-state index contributed by atoms with van der Waals surface area (Å²) in [5.74, 6) is -2.71. The lowest BCUT2D eigenvalue weighted by Gasteiger charge is -2.16. The number of nitrogens with zero attached hydrogens (tertiary/aromatic N) is 1. The number of likely N-dealkylation sites (tertiary alicyclic amines) is 1. The fourth-order valence-electron chi connectivity index (χ4n) is 3.19. The first-order valence-corrected chi connectivity index (χ1v) is 7.48. The summed E-state index contributed by atoms with van der Waals surface area (Å²) < 4.78 is 26.8. The van der Waals surface area contributed by atoms with Gasteiger partial charge in [-0.3, -0.25) is 9.69 Å². The number of hydrogen-bond donors (Lipinski definition) is 1. The number of carboxylic acids is 1. The molecule has 0 unspecified atom stereocenters. The lowest BCUT2D eigenvalue weighted by Crippen LogP contribution is -2.23. The number of carboxylic acid groups (broad SMARTS) is 1. The average molecular weight is 317 g/mol. The molecule has 1 aliphatic heterocycles. The Kier molecular flexibility index (Phi) is 4.39. The molecule has 1 fully saturated rings. The minimum Gasteiger partial charge on any atom is -0.481 e. The number of halogens is 2. The molecule has 23 heavy (non-hydrogen) atoms. The second-order valence-corrected chi connectivity index (χ2v) is 5.89. The predicted molar refractivity (Wildman–Crippen MR) is 81.9 cm³/mol. The maximum absolute atomic E-state index is 13.8. The zero-order valence-electron chi connectivity index (χ0n) is 12.5. The van der Waals surface area contributed by atoms with Crippen LogP contribution in [-0.2, 0) is 11.3 Å². The van der Waals surface area contributed by atoms with Crippen molar-refractivity contribution in [2.75, 3.05) is 13.1 Å². The van der Waals surface area contributed by atoms with Gasteiger partial charge in [-0.2, -0.15) is 0 Å². The third-order valence-corrected chi connectivity index (χ3v) is 4.35. The Labute approximate surface area is 133 Å². The molecule has 2 aromatic carbocycles. The summed E-state index contributed by atoms with van der Waals surface area (Å²) >= 11 is 0. The fourth-order valence-corrected chi connectivity index (χ4v) is 3.19. The molecule has 1 aliphatic rings. The number of rotatable bonds is 4. The lowest BCUT2D eigenvalue weighted by atomic mass is 9.89. The van der Waals surface area contributed by atoms with Gasteiger partial charge in [-0.1, -0.05) is 36.4 Å². The van der Waals surface area contributed by atoms with Crippen LogP contribution < -0.4 is 0 Å². The molecular formula is C18H17F2NO2. The second kappa shape index (κ2) is 6.46. The van der Waals surface area contributed by atoms with Crippen LogP contribution in [0.25, 0.3) is 0 Å². The van der Waals surface area contributed by atoms with Gasteiger partial charge >= 0.3 is 5.97 Å². The fraction of sp³-hybridized carbons (Fsp3) is 0.278. The Hall–Kier alpha value is -2.27. The van der Waals surface area contributed by atoms with Crippen LogP contribution in [0, 0.1) is 17.6 Å². The van der Waals surface area contributed by atoms with Crippen LogP contribution in [0.15, 0.2) is 48.5 Å². The van der Waals surface area contributed by atoms with Gasteiger partial charge < -0.3 is 5.11 Å². The summed E-state index contributed by atoms with van der Waals surface area (Å²) in [6.07, 6.45) is 0. The van der Waals surface area contributed by atoms with E-state index >= 15 is 0 Å². The van der Waals surface area contributed by atoms with E-state index in [1.54, 1.807) is 0 Å². The normalized spacial score (nSPS) is 21.5. The van der Waals surface area contributed by atoms with Gasteiger partial charge in [0.05, 0.1) is 5.92 Å². The van der Waals surface area contributed by atoms with Crippen LogP contribution in [0.1, 0.15) is 17.0 Å². The van der Waals surface area contributed by atoms with Crippen molar-refractivity contribution in [3.05, 3.63) is 71.3 Å². The van der Waals surface area contributed by atoms with Gasteiger partial charge in [0.25, 0.3) is 0 Å². The largest absolute Gasteiger partial charge is 0.481 e. The minimum absolute atomic E-state index is 0.128. The number of aliphatic carboxylic acids is 1. The third kappa shape index (κ3) is 3.40. The van der Waals surface area contributed by atoms with Crippen LogP contribution in [0.5, 0.6) is 0 Å². The van der Waals surface area contributed by atoms with Crippen LogP contribution in [0.2, 0.25) is 0 Å². The molecule has 0 bridgehead atoms. The van der Waals surface area contributed by atoms with E-state index in [1.165, 1.54) is 12.1 Å². The highest BCUT2D eigenvalue weighted by Gasteiger charge is 2.38. The van der Waals surface area contributed by atoms with Crippen molar-refractivity contribution in [3.63, 3.8) is 0 Å². The van der Waals surface area contributed by atoms with Gasteiger partial charge in [0.2, 0.25) is 0 Å². The number of benzene rings is 2. The molecule has 2 aromatic rings. The van der Waals surface area contributed by atoms with Crippen LogP contribution in [0.3, 0.4) is 0 Å². The molecule has 2 atom stereocenters. The van der Waals surface area contributed by atoms with Crippen molar-refractivity contribution in [1.29, 1.82) is 0 Å². The summed E-state index contributed by atoms with van der Waals surface area (Å²) in [6, 6.07) is 13.0. The maximum atomic E-state index is 13.8. The molecule has 0 amide bonds. The molecular weight excluding hydrogens is 300 g/mol. The zero-order valence-corrected chi connectivity index (χ0v) is 12.5. The average Bonchev–Trinajstić information content (AvgIpc) is 2.95. The van der Waals surface area contributed by atoms with E-state index < -0.39 is 23.5 Å². The van der Waals surface area contributed by atoms with Crippen molar-refractivity contribution < 1.29 is 18.7 Å². The van der Waals surface area contributed by atoms with Gasteiger partial charge in [0, 0.05) is 37.2 Å². The maximum Gasteiger partial charge on any atom is 0.308 e. The molecule has 0 saturated carbocycles. The van der Waals surface area contributed by atoms with Gasteiger partial charge in [-0.25, -0.2) is 8.78 Å². The van der Waals surface area contributed by atoms with Gasteiger partial charge in [-0.05, 0) is 11.6 Å². The first-order valence-electron chi connectivity index (χ1n) is 7.48. The molecule has 3 nitrogen and oxygen atoms in total. The molecule has 120 valence electrons. The Morgan fingerprint density at radius 3 is 2.52 bits per heavy atom. The SMILES string of the molecule is O=C(O)[C@@H]1CN(Cc2ccc(F)cc2F)C[C@H]1c1ccccc1. The van der Waals surface area contributed by atoms with Gasteiger partial charge in [-0.15, -0.1) is 0 Å². The molecule has 1 saturated heterocycles. The van der Waals surface area contributed by atoms with Crippen molar-refractivity contribution in [3.8, 4) is 0 Å². The van der Waals surface area contributed by atoms with Crippen molar-refractivity contribution in [2.24, 2.45) is 5.92 Å². The van der Waals surface area contributed by atoms with Crippen LogP contribution in [0.4, 0.5) is 8.78 Å². The van der Waals surface area contributed by atoms with Crippen molar-refractivity contribution in [1.82, 2.24) is 4.90 Å². The molecule has 5 heteroatoms. The van der Waals surface area contributed by atoms with Crippen LogP contribution >= 0.6 is 0 Å². The zero-order chi connectivity index (χ0) is 16.4. The highest BCUT2D eigenvalue weighted by atomic mass is 19.1. The Bertz CT molecular complexity index is 705. The monoisotopic (exact) mass is 317 g/mol. The molecule has 3 rings (SSSR count). The van der Waals surface area contributed by atoms with E-state index in [2.05, 4.69) is 0 Å². The van der Waals surface area contributed by atoms with Crippen molar-refractivity contribution >= 4 is 5.97 Å². The number of hydrogen-bond acceptors (Lipinski definition) is 2. The first-order chi connectivity index (χ1) is 11.0. The minimum atomic E-state index is -0.846. The highest BCUT2D eigenvalue weighted by Crippen LogP contribution is 2.33. The molecule has 1 N–H and O–H groups in total. The summed E-state index contributed by atoms with van der Waals surface area (Å²) in [5.41, 5.74) is 1.35. The predicted octanol–water partition coefficient (Wildman–Crippen LogP) is 3.27. The van der Waals surface area contributed by atoms with E-state index in [4.69, 9.17) is 0 Å². The summed E-state index contributed by atoms with van der Waals surface area (Å²) in [6.45, 7) is 1.17. The van der Waals surface area contributed by atoms with Crippen LogP contribution in [-0.4, -0.2) is 29.1 Å².